The van der Waals surface area contributed by atoms with Crippen molar-refractivity contribution in [1.29, 1.82) is 0 Å². The Morgan fingerprint density at radius 2 is 0.569 bits per heavy atom. The number of rotatable bonds is 24. The highest BCUT2D eigenvalue weighted by atomic mass is 16.7. The van der Waals surface area contributed by atoms with Gasteiger partial charge >= 0.3 is 0 Å². The molecule has 1 saturated carbocycles. The van der Waals surface area contributed by atoms with Crippen molar-refractivity contribution in [2.75, 3.05) is 6.61 Å². The van der Waals surface area contributed by atoms with Crippen molar-refractivity contribution >= 4 is 0 Å². The van der Waals surface area contributed by atoms with Crippen molar-refractivity contribution in [3.63, 3.8) is 0 Å². The molecule has 0 amide bonds. The lowest BCUT2D eigenvalue weighted by Gasteiger charge is -2.50. The minimum absolute atomic E-state index is 0.0936. The predicted octanol–water partition coefficient (Wildman–Crippen LogP) is 9.56. The van der Waals surface area contributed by atoms with E-state index in [9.17, 15) is 10.2 Å². The van der Waals surface area contributed by atoms with Gasteiger partial charge in [0.15, 0.2) is 6.29 Å². The van der Waals surface area contributed by atoms with Crippen LogP contribution in [0.1, 0.15) is 38.9 Å². The highest BCUT2D eigenvalue weighted by Gasteiger charge is 2.56. The Morgan fingerprint density at radius 1 is 0.292 bits per heavy atom. The summed E-state index contributed by atoms with van der Waals surface area (Å²) in [6.45, 7) is 1.42. The van der Waals surface area contributed by atoms with E-state index < -0.39 is 67.3 Å². The molecule has 9 rings (SSSR count). The Morgan fingerprint density at radius 3 is 0.944 bits per heavy atom. The first-order valence-electron chi connectivity index (χ1n) is 24.8. The molecule has 0 bridgehead atoms. The molecule has 2 fully saturated rings. The standard InChI is InChI=1S/C61H64O11/c62-52-55(66-38-46-26-12-3-13-27-46)53(63)57(59(69-41-49-32-18-6-19-33-49)56(52)67-39-47-28-14-4-15-29-47)72-61-60(70-42-50-34-20-7-21-35-50)58(68-40-48-30-16-5-17-31-48)54(65-37-45-24-10-2-11-25-45)51(71-61)43-64-36-44-22-8-1-9-23-44/h1-35,51-63H,36-43H2/t51?,52?,53-,54-,55?,56-,57?,58?,59?,60?,61-/m0/s1. The van der Waals surface area contributed by atoms with E-state index >= 15 is 0 Å². The summed E-state index contributed by atoms with van der Waals surface area (Å²) in [6, 6.07) is 68.8. The highest BCUT2D eigenvalue weighted by Crippen LogP contribution is 2.37. The van der Waals surface area contributed by atoms with Crippen molar-refractivity contribution < 1.29 is 52.8 Å². The summed E-state index contributed by atoms with van der Waals surface area (Å²) in [7, 11) is 0. The number of hydrogen-bond donors (Lipinski definition) is 2. The zero-order chi connectivity index (χ0) is 49.2. The van der Waals surface area contributed by atoms with Crippen molar-refractivity contribution in [1.82, 2.24) is 0 Å². The van der Waals surface area contributed by atoms with Gasteiger partial charge in [0.05, 0.1) is 52.9 Å². The smallest absolute Gasteiger partial charge is 0.187 e. The maximum absolute atomic E-state index is 12.8. The Kier molecular flexibility index (Phi) is 18.9. The van der Waals surface area contributed by atoms with Gasteiger partial charge in [-0.3, -0.25) is 0 Å². The van der Waals surface area contributed by atoms with Crippen LogP contribution in [0.5, 0.6) is 0 Å². The largest absolute Gasteiger partial charge is 0.387 e. The minimum Gasteiger partial charge on any atom is -0.387 e. The molecule has 1 heterocycles. The van der Waals surface area contributed by atoms with Crippen LogP contribution >= 0.6 is 0 Å². The molecule has 11 heteroatoms. The van der Waals surface area contributed by atoms with Gasteiger partial charge in [0.25, 0.3) is 0 Å². The van der Waals surface area contributed by atoms with Gasteiger partial charge in [-0.05, 0) is 38.9 Å². The van der Waals surface area contributed by atoms with Gasteiger partial charge in [0.2, 0.25) is 0 Å². The zero-order valence-electron chi connectivity index (χ0n) is 40.3. The van der Waals surface area contributed by atoms with E-state index in [1.165, 1.54) is 0 Å². The topological polar surface area (TPSA) is 124 Å². The molecule has 1 saturated heterocycles. The van der Waals surface area contributed by atoms with Crippen LogP contribution in [0.25, 0.3) is 0 Å². The minimum atomic E-state index is -1.46. The van der Waals surface area contributed by atoms with Crippen LogP contribution < -0.4 is 0 Å². The lowest BCUT2D eigenvalue weighted by molar-refractivity contribution is -0.361. The second-order valence-corrected chi connectivity index (χ2v) is 18.2. The Balaban J connectivity index is 1.11. The second kappa shape index (κ2) is 26.7. The van der Waals surface area contributed by atoms with E-state index in [1.54, 1.807) is 0 Å². The van der Waals surface area contributed by atoms with Crippen LogP contribution in [0.15, 0.2) is 212 Å². The van der Waals surface area contributed by atoms with E-state index in [4.69, 9.17) is 42.6 Å². The number of aliphatic hydroxyl groups excluding tert-OH is 2. The van der Waals surface area contributed by atoms with Crippen molar-refractivity contribution in [2.24, 2.45) is 0 Å². The number of benzene rings is 7. The lowest BCUT2D eigenvalue weighted by atomic mass is 9.83. The van der Waals surface area contributed by atoms with Crippen molar-refractivity contribution in [3.8, 4) is 0 Å². The van der Waals surface area contributed by atoms with Crippen molar-refractivity contribution in [2.45, 2.75) is 114 Å². The predicted molar refractivity (Wildman–Crippen MR) is 272 cm³/mol. The average Bonchev–Trinajstić information content (AvgIpc) is 3.43. The molecule has 0 aromatic heterocycles. The summed E-state index contributed by atoms with van der Waals surface area (Å²) in [5, 5.41) is 25.2. The maximum Gasteiger partial charge on any atom is 0.187 e. The first-order chi connectivity index (χ1) is 35.6. The Bertz CT molecular complexity index is 2560. The first kappa shape index (κ1) is 51.0. The molecular formula is C61H64O11. The summed E-state index contributed by atoms with van der Waals surface area (Å²) in [6.07, 6.45) is -11.8. The number of ether oxygens (including phenoxy) is 9. The summed E-state index contributed by atoms with van der Waals surface area (Å²) < 4.78 is 61.8. The summed E-state index contributed by atoms with van der Waals surface area (Å²) >= 11 is 0. The normalized spacial score (nSPS) is 25.2. The van der Waals surface area contributed by atoms with Crippen LogP contribution in [-0.4, -0.2) is 84.1 Å². The Labute approximate surface area is 422 Å². The maximum atomic E-state index is 12.8. The third kappa shape index (κ3) is 14.2. The third-order valence-corrected chi connectivity index (χ3v) is 13.0. The zero-order valence-corrected chi connectivity index (χ0v) is 40.3. The molecule has 374 valence electrons. The molecule has 1 aliphatic heterocycles. The van der Waals surface area contributed by atoms with Gasteiger partial charge in [0.1, 0.15) is 61.0 Å². The van der Waals surface area contributed by atoms with E-state index in [0.29, 0.717) is 6.61 Å². The molecule has 1 aliphatic carbocycles. The molecule has 0 spiro atoms. The molecule has 7 aromatic rings. The fourth-order valence-electron chi connectivity index (χ4n) is 9.20. The van der Waals surface area contributed by atoms with Crippen LogP contribution in [-0.2, 0) is 88.9 Å². The average molecular weight is 973 g/mol. The number of aliphatic hydroxyl groups is 2. The fourth-order valence-corrected chi connectivity index (χ4v) is 9.20. The van der Waals surface area contributed by atoms with Gasteiger partial charge in [0, 0.05) is 0 Å². The van der Waals surface area contributed by atoms with Gasteiger partial charge in [-0.15, -0.1) is 0 Å². The molecule has 72 heavy (non-hydrogen) atoms. The number of hydrogen-bond acceptors (Lipinski definition) is 11. The molecule has 11 atom stereocenters. The second-order valence-electron chi connectivity index (χ2n) is 18.2. The molecule has 2 aliphatic rings. The first-order valence-corrected chi connectivity index (χ1v) is 24.8. The van der Waals surface area contributed by atoms with Gasteiger partial charge in [-0.2, -0.15) is 0 Å². The molecule has 11 nitrogen and oxygen atoms in total. The Hall–Kier alpha value is -5.90. The molecule has 2 N–H and O–H groups in total. The summed E-state index contributed by atoms with van der Waals surface area (Å²) in [4.78, 5) is 0. The van der Waals surface area contributed by atoms with Crippen molar-refractivity contribution in [3.05, 3.63) is 251 Å². The van der Waals surface area contributed by atoms with E-state index in [2.05, 4.69) is 0 Å². The lowest BCUT2D eigenvalue weighted by Crippen LogP contribution is -2.69. The van der Waals surface area contributed by atoms with Crippen LogP contribution in [0.3, 0.4) is 0 Å². The quantitative estimate of drug-likeness (QED) is 0.0602. The monoisotopic (exact) mass is 972 g/mol. The summed E-state index contributed by atoms with van der Waals surface area (Å²) in [5.41, 5.74) is 6.46. The van der Waals surface area contributed by atoms with E-state index in [1.807, 2.05) is 212 Å². The third-order valence-electron chi connectivity index (χ3n) is 13.0. The molecule has 7 unspecified atom stereocenters. The highest BCUT2D eigenvalue weighted by molar-refractivity contribution is 5.19. The van der Waals surface area contributed by atoms with Gasteiger partial charge in [-0.1, -0.05) is 212 Å². The van der Waals surface area contributed by atoms with Gasteiger partial charge in [-0.25, -0.2) is 0 Å². The van der Waals surface area contributed by atoms with Gasteiger partial charge < -0.3 is 52.8 Å². The molecule has 7 aromatic carbocycles. The van der Waals surface area contributed by atoms with E-state index in [0.717, 1.165) is 38.9 Å². The van der Waals surface area contributed by atoms with Crippen LogP contribution in [0.4, 0.5) is 0 Å². The summed E-state index contributed by atoms with van der Waals surface area (Å²) in [5.74, 6) is 0. The fraction of sp³-hybridized carbons (Fsp3) is 0.311. The van der Waals surface area contributed by atoms with E-state index in [-0.39, 0.29) is 46.2 Å². The molecule has 0 radical (unpaired) electrons. The van der Waals surface area contributed by atoms with Crippen LogP contribution in [0, 0.1) is 0 Å². The SMILES string of the molecule is OC1C(OCc2ccccc2)[C@H](O)C(O[C@@H]2OC(COCc3ccccc3)[C@H](OCc3ccccc3)C(OCc3ccccc3)C2OCc2ccccc2)C(OCc2ccccc2)[C@H]1OCc1ccccc1. The van der Waals surface area contributed by atoms with Crippen LogP contribution in [0.2, 0.25) is 0 Å². The molecular weight excluding hydrogens is 909 g/mol.